The van der Waals surface area contributed by atoms with Gasteiger partial charge in [-0.1, -0.05) is 12.1 Å². The van der Waals surface area contributed by atoms with Gasteiger partial charge in [0, 0.05) is 31.4 Å². The van der Waals surface area contributed by atoms with Crippen LogP contribution in [0.15, 0.2) is 18.2 Å². The highest BCUT2D eigenvalue weighted by molar-refractivity contribution is 5.54. The number of rotatable bonds is 7. The van der Waals surface area contributed by atoms with Gasteiger partial charge in [-0.3, -0.25) is 0 Å². The molecular formula is C17H26N2. The Morgan fingerprint density at radius 2 is 2.00 bits per heavy atom. The Labute approximate surface area is 117 Å². The highest BCUT2D eigenvalue weighted by Gasteiger charge is 2.24. The average molecular weight is 258 g/mol. The summed E-state index contributed by atoms with van der Waals surface area (Å²) in [6.45, 7) is 7.92. The van der Waals surface area contributed by atoms with Crippen molar-refractivity contribution in [3.63, 3.8) is 0 Å². The first-order valence-corrected chi connectivity index (χ1v) is 7.84. The Hall–Kier alpha value is -1.02. The molecule has 1 aromatic rings. The average Bonchev–Trinajstić information content (AvgIpc) is 3.28. The summed E-state index contributed by atoms with van der Waals surface area (Å²) in [5.74, 6) is 0.954. The SMILES string of the molecule is CCN(CC1CC1)c1ccc(CNC2CC2)cc1C. The van der Waals surface area contributed by atoms with Gasteiger partial charge >= 0.3 is 0 Å². The number of nitrogens with one attached hydrogen (secondary N) is 1. The Balaban J connectivity index is 1.65. The molecule has 0 saturated heterocycles. The maximum absolute atomic E-state index is 3.59. The van der Waals surface area contributed by atoms with Gasteiger partial charge in [0.15, 0.2) is 0 Å². The fourth-order valence-corrected chi connectivity index (χ4v) is 2.74. The van der Waals surface area contributed by atoms with Crippen molar-refractivity contribution in [2.45, 2.75) is 52.1 Å². The Kier molecular flexibility index (Phi) is 3.79. The fraction of sp³-hybridized carbons (Fsp3) is 0.647. The van der Waals surface area contributed by atoms with Gasteiger partial charge in [0.2, 0.25) is 0 Å². The van der Waals surface area contributed by atoms with Crippen LogP contribution >= 0.6 is 0 Å². The molecule has 0 bridgehead atoms. The van der Waals surface area contributed by atoms with E-state index in [-0.39, 0.29) is 0 Å². The molecule has 0 heterocycles. The van der Waals surface area contributed by atoms with Gasteiger partial charge in [-0.2, -0.15) is 0 Å². The van der Waals surface area contributed by atoms with E-state index in [0.717, 1.165) is 25.0 Å². The molecule has 2 fully saturated rings. The van der Waals surface area contributed by atoms with Gasteiger partial charge in [-0.05, 0) is 62.6 Å². The lowest BCUT2D eigenvalue weighted by atomic mass is 10.1. The summed E-state index contributed by atoms with van der Waals surface area (Å²) in [6, 6.07) is 7.78. The number of benzene rings is 1. The predicted molar refractivity (Wildman–Crippen MR) is 81.7 cm³/mol. The van der Waals surface area contributed by atoms with Gasteiger partial charge in [0.05, 0.1) is 0 Å². The Bertz CT molecular complexity index is 433. The van der Waals surface area contributed by atoms with Crippen molar-refractivity contribution in [3.05, 3.63) is 29.3 Å². The number of hydrogen-bond donors (Lipinski definition) is 1. The molecule has 2 nitrogen and oxygen atoms in total. The molecule has 0 amide bonds. The van der Waals surface area contributed by atoms with Crippen molar-refractivity contribution < 1.29 is 0 Å². The summed E-state index contributed by atoms with van der Waals surface area (Å²) in [6.07, 6.45) is 5.59. The molecule has 3 rings (SSSR count). The standard InChI is InChI=1S/C17H26N2/c1-3-19(12-14-4-5-14)17-9-6-15(10-13(17)2)11-18-16-7-8-16/h6,9-10,14,16,18H,3-5,7-8,11-12H2,1-2H3. The topological polar surface area (TPSA) is 15.3 Å². The van der Waals surface area contributed by atoms with Crippen LogP contribution in [0.1, 0.15) is 43.7 Å². The van der Waals surface area contributed by atoms with Crippen molar-refractivity contribution in [1.82, 2.24) is 5.32 Å². The van der Waals surface area contributed by atoms with E-state index in [1.54, 1.807) is 0 Å². The highest BCUT2D eigenvalue weighted by atomic mass is 15.1. The molecule has 0 aliphatic heterocycles. The largest absolute Gasteiger partial charge is 0.371 e. The molecule has 0 unspecified atom stereocenters. The Morgan fingerprint density at radius 1 is 1.21 bits per heavy atom. The van der Waals surface area contributed by atoms with Crippen molar-refractivity contribution in [2.24, 2.45) is 5.92 Å². The highest BCUT2D eigenvalue weighted by Crippen LogP contribution is 2.32. The first-order valence-electron chi connectivity index (χ1n) is 7.84. The van der Waals surface area contributed by atoms with E-state index in [0.29, 0.717) is 0 Å². The van der Waals surface area contributed by atoms with Crippen molar-refractivity contribution >= 4 is 5.69 Å². The van der Waals surface area contributed by atoms with Crippen LogP contribution in [0.2, 0.25) is 0 Å². The normalized spacial score (nSPS) is 18.6. The summed E-state index contributed by atoms with van der Waals surface area (Å²) in [5.41, 5.74) is 4.29. The van der Waals surface area contributed by atoms with Gasteiger partial charge in [0.25, 0.3) is 0 Å². The lowest BCUT2D eigenvalue weighted by Crippen LogP contribution is -2.26. The first kappa shape index (κ1) is 13.0. The minimum Gasteiger partial charge on any atom is -0.371 e. The third kappa shape index (κ3) is 3.50. The van der Waals surface area contributed by atoms with Crippen LogP contribution in [0.4, 0.5) is 5.69 Å². The van der Waals surface area contributed by atoms with Crippen LogP contribution in [0.25, 0.3) is 0 Å². The summed E-state index contributed by atoms with van der Waals surface area (Å²) in [5, 5.41) is 3.59. The molecule has 19 heavy (non-hydrogen) atoms. The molecule has 1 aromatic carbocycles. The Morgan fingerprint density at radius 3 is 2.58 bits per heavy atom. The van der Waals surface area contributed by atoms with E-state index in [4.69, 9.17) is 0 Å². The van der Waals surface area contributed by atoms with Crippen molar-refractivity contribution in [2.75, 3.05) is 18.0 Å². The van der Waals surface area contributed by atoms with Crippen LogP contribution in [0.5, 0.6) is 0 Å². The first-order chi connectivity index (χ1) is 9.26. The van der Waals surface area contributed by atoms with Crippen LogP contribution in [-0.4, -0.2) is 19.1 Å². The van der Waals surface area contributed by atoms with Crippen LogP contribution in [0.3, 0.4) is 0 Å². The van der Waals surface area contributed by atoms with Gasteiger partial charge < -0.3 is 10.2 Å². The lowest BCUT2D eigenvalue weighted by molar-refractivity contribution is 0.687. The zero-order valence-electron chi connectivity index (χ0n) is 12.3. The lowest BCUT2D eigenvalue weighted by Gasteiger charge is -2.25. The second-order valence-corrected chi connectivity index (χ2v) is 6.26. The van der Waals surface area contributed by atoms with E-state index in [9.17, 15) is 0 Å². The van der Waals surface area contributed by atoms with E-state index in [1.807, 2.05) is 0 Å². The predicted octanol–water partition coefficient (Wildman–Crippen LogP) is 3.48. The third-order valence-corrected chi connectivity index (χ3v) is 4.33. The maximum Gasteiger partial charge on any atom is 0.0396 e. The minimum atomic E-state index is 0.794. The van der Waals surface area contributed by atoms with E-state index in [2.05, 4.69) is 42.3 Å². The molecule has 0 radical (unpaired) electrons. The third-order valence-electron chi connectivity index (χ3n) is 4.33. The smallest absolute Gasteiger partial charge is 0.0396 e. The van der Waals surface area contributed by atoms with Gasteiger partial charge in [-0.25, -0.2) is 0 Å². The second kappa shape index (κ2) is 5.54. The molecule has 2 aliphatic carbocycles. The minimum absolute atomic E-state index is 0.794. The molecule has 104 valence electrons. The second-order valence-electron chi connectivity index (χ2n) is 6.26. The number of hydrogen-bond acceptors (Lipinski definition) is 2. The zero-order chi connectivity index (χ0) is 13.2. The molecular weight excluding hydrogens is 232 g/mol. The van der Waals surface area contributed by atoms with Crippen LogP contribution in [-0.2, 0) is 6.54 Å². The molecule has 0 atom stereocenters. The van der Waals surface area contributed by atoms with Gasteiger partial charge in [-0.15, -0.1) is 0 Å². The zero-order valence-corrected chi connectivity index (χ0v) is 12.3. The van der Waals surface area contributed by atoms with Gasteiger partial charge in [0.1, 0.15) is 0 Å². The summed E-state index contributed by atoms with van der Waals surface area (Å²) >= 11 is 0. The summed E-state index contributed by atoms with van der Waals surface area (Å²) in [7, 11) is 0. The maximum atomic E-state index is 3.59. The van der Waals surface area contributed by atoms with Crippen molar-refractivity contribution in [1.29, 1.82) is 0 Å². The molecule has 2 heteroatoms. The van der Waals surface area contributed by atoms with E-state index < -0.39 is 0 Å². The fourth-order valence-electron chi connectivity index (χ4n) is 2.74. The van der Waals surface area contributed by atoms with Crippen LogP contribution < -0.4 is 10.2 Å². The monoisotopic (exact) mass is 258 g/mol. The molecule has 0 spiro atoms. The molecule has 1 N–H and O–H groups in total. The number of anilines is 1. The van der Waals surface area contributed by atoms with Crippen molar-refractivity contribution in [3.8, 4) is 0 Å². The molecule has 2 aliphatic rings. The summed E-state index contributed by atoms with van der Waals surface area (Å²) in [4.78, 5) is 2.55. The number of nitrogens with zero attached hydrogens (tertiary/aromatic N) is 1. The summed E-state index contributed by atoms with van der Waals surface area (Å²) < 4.78 is 0. The molecule has 0 aromatic heterocycles. The number of aryl methyl sites for hydroxylation is 1. The molecule has 2 saturated carbocycles. The van der Waals surface area contributed by atoms with E-state index in [1.165, 1.54) is 49.0 Å². The quantitative estimate of drug-likeness (QED) is 0.805. The van der Waals surface area contributed by atoms with E-state index >= 15 is 0 Å². The van der Waals surface area contributed by atoms with Crippen LogP contribution in [0, 0.1) is 12.8 Å².